The lowest BCUT2D eigenvalue weighted by atomic mass is 9.88. The van der Waals surface area contributed by atoms with Crippen molar-refractivity contribution in [2.24, 2.45) is 0 Å². The standard InChI is InChI=1S/C36H8F9N7/c37-34(38,39)21-3-18(4-22(6-21)35(40,41)42)31-28(15-52)24-7-23-25(8-26(24)33(31)20(12-49)13-50)32(19(10-47)11-48)30(27(23)14-51)16-1-2-17(9-46)29(5-16)36(43,44)45/h1-8H. The first-order valence-electron chi connectivity index (χ1n) is 13.9. The number of nitriles is 7. The van der Waals surface area contributed by atoms with Crippen molar-refractivity contribution in [1.82, 2.24) is 0 Å². The number of nitrogens with zero attached hydrogens (tertiary/aromatic N) is 7. The molecule has 0 saturated carbocycles. The van der Waals surface area contributed by atoms with Crippen LogP contribution in [0.4, 0.5) is 39.5 Å². The second kappa shape index (κ2) is 12.4. The second-order valence-electron chi connectivity index (χ2n) is 10.8. The van der Waals surface area contributed by atoms with Crippen molar-refractivity contribution >= 4 is 33.4 Å². The number of alkyl halides is 9. The fraction of sp³-hybridized carbons (Fsp3) is 0.0833. The molecule has 0 spiro atoms. The molecule has 3 aromatic carbocycles. The molecule has 2 aliphatic carbocycles. The van der Waals surface area contributed by atoms with E-state index in [1.165, 1.54) is 18.2 Å². The van der Waals surface area contributed by atoms with E-state index in [0.29, 0.717) is 6.07 Å². The molecule has 0 aromatic heterocycles. The molecule has 3 aromatic rings. The van der Waals surface area contributed by atoms with Gasteiger partial charge in [-0.25, -0.2) is 0 Å². The van der Waals surface area contributed by atoms with Gasteiger partial charge in [-0.1, -0.05) is 6.07 Å². The molecule has 0 N–H and O–H groups in total. The van der Waals surface area contributed by atoms with Gasteiger partial charge in [-0.15, -0.1) is 0 Å². The van der Waals surface area contributed by atoms with E-state index < -0.39 is 90.9 Å². The van der Waals surface area contributed by atoms with Gasteiger partial charge in [0.25, 0.3) is 0 Å². The van der Waals surface area contributed by atoms with Crippen LogP contribution in [-0.2, 0) is 18.5 Å². The minimum atomic E-state index is -5.34. The quantitative estimate of drug-likeness (QED) is 0.189. The molecule has 5 rings (SSSR count). The molecular weight excluding hydrogens is 701 g/mol. The summed E-state index contributed by atoms with van der Waals surface area (Å²) in [6, 6.07) is 15.8. The molecule has 0 atom stereocenters. The van der Waals surface area contributed by atoms with Gasteiger partial charge in [0.05, 0.1) is 39.5 Å². The van der Waals surface area contributed by atoms with Crippen LogP contribution < -0.4 is 0 Å². The van der Waals surface area contributed by atoms with Crippen LogP contribution in [0.1, 0.15) is 55.6 Å². The molecule has 0 amide bonds. The number of benzene rings is 3. The second-order valence-corrected chi connectivity index (χ2v) is 10.8. The largest absolute Gasteiger partial charge is 0.417 e. The third-order valence-corrected chi connectivity index (χ3v) is 8.02. The number of rotatable bonds is 2. The van der Waals surface area contributed by atoms with E-state index in [4.69, 9.17) is 0 Å². The average Bonchev–Trinajstić information content (AvgIpc) is 3.58. The third kappa shape index (κ3) is 5.66. The molecule has 0 aliphatic heterocycles. The number of halogens is 9. The van der Waals surface area contributed by atoms with E-state index in [9.17, 15) is 76.3 Å². The molecule has 16 heteroatoms. The zero-order valence-corrected chi connectivity index (χ0v) is 25.2. The maximum Gasteiger partial charge on any atom is 0.417 e. The van der Waals surface area contributed by atoms with Gasteiger partial charge < -0.3 is 0 Å². The van der Waals surface area contributed by atoms with Gasteiger partial charge >= 0.3 is 18.5 Å². The van der Waals surface area contributed by atoms with Crippen LogP contribution >= 0.6 is 0 Å². The van der Waals surface area contributed by atoms with E-state index in [1.807, 2.05) is 0 Å². The molecule has 0 heterocycles. The first-order valence-corrected chi connectivity index (χ1v) is 13.9. The zero-order valence-electron chi connectivity index (χ0n) is 25.2. The minimum absolute atomic E-state index is 0.174. The van der Waals surface area contributed by atoms with Gasteiger partial charge in [0.15, 0.2) is 0 Å². The summed E-state index contributed by atoms with van der Waals surface area (Å²) in [5.41, 5.74) is -13.0. The monoisotopic (exact) mass is 709 g/mol. The summed E-state index contributed by atoms with van der Waals surface area (Å²) in [4.78, 5) is 0. The van der Waals surface area contributed by atoms with Crippen LogP contribution in [0.5, 0.6) is 0 Å². The topological polar surface area (TPSA) is 167 Å². The summed E-state index contributed by atoms with van der Waals surface area (Å²) in [5, 5.41) is 69.3. The Labute approximate surface area is 286 Å². The maximum atomic E-state index is 13.9. The van der Waals surface area contributed by atoms with Crippen molar-refractivity contribution < 1.29 is 39.5 Å². The molecule has 250 valence electrons. The summed E-state index contributed by atoms with van der Waals surface area (Å²) >= 11 is 0. The zero-order chi connectivity index (χ0) is 38.5. The van der Waals surface area contributed by atoms with Gasteiger partial charge in [0.2, 0.25) is 0 Å². The lowest BCUT2D eigenvalue weighted by Gasteiger charge is -2.16. The molecule has 0 radical (unpaired) electrons. The van der Waals surface area contributed by atoms with Crippen molar-refractivity contribution in [1.29, 1.82) is 36.8 Å². The molecule has 0 bridgehead atoms. The Kier molecular flexibility index (Phi) is 8.51. The predicted octanol–water partition coefficient (Wildman–Crippen LogP) is 9.11. The number of allylic oxidation sites excluding steroid dienone is 8. The van der Waals surface area contributed by atoms with Gasteiger partial charge in [-0.05, 0) is 64.7 Å². The smallest absolute Gasteiger partial charge is 0.192 e. The molecule has 0 fully saturated rings. The summed E-state index contributed by atoms with van der Waals surface area (Å²) in [6.07, 6.45) is -15.8. The van der Waals surface area contributed by atoms with Crippen molar-refractivity contribution in [3.05, 3.63) is 115 Å². The number of hydrogen-bond acceptors (Lipinski definition) is 7. The highest BCUT2D eigenvalue weighted by atomic mass is 19.4. The van der Waals surface area contributed by atoms with Crippen LogP contribution in [0.2, 0.25) is 0 Å². The van der Waals surface area contributed by atoms with Gasteiger partial charge in [0.1, 0.15) is 47.6 Å². The van der Waals surface area contributed by atoms with Crippen LogP contribution in [0.15, 0.2) is 59.7 Å². The predicted molar refractivity (Wildman–Crippen MR) is 160 cm³/mol. The Morgan fingerprint density at radius 2 is 0.865 bits per heavy atom. The van der Waals surface area contributed by atoms with Crippen molar-refractivity contribution in [3.8, 4) is 42.5 Å². The van der Waals surface area contributed by atoms with Gasteiger partial charge in [0, 0.05) is 33.4 Å². The summed E-state index contributed by atoms with van der Waals surface area (Å²) in [7, 11) is 0. The Morgan fingerprint density at radius 1 is 0.442 bits per heavy atom. The SMILES string of the molecule is N#CC(C#N)=C1C(c2cc(C(F)(F)F)cc(C(F)(F)F)c2)=C(C#N)c2cc3c(cc21)C(=C(C#N)C#N)C(c1ccc(C#N)c(C(F)(F)F)c1)=C3C#N. The highest BCUT2D eigenvalue weighted by Gasteiger charge is 2.41. The van der Waals surface area contributed by atoms with Crippen LogP contribution in [0.25, 0.3) is 33.4 Å². The Hall–Kier alpha value is -7.58. The lowest BCUT2D eigenvalue weighted by Crippen LogP contribution is -2.12. The van der Waals surface area contributed by atoms with E-state index in [0.717, 1.165) is 24.3 Å². The molecule has 0 unspecified atom stereocenters. The highest BCUT2D eigenvalue weighted by molar-refractivity contribution is 6.29. The van der Waals surface area contributed by atoms with Crippen molar-refractivity contribution in [2.45, 2.75) is 18.5 Å². The summed E-state index contributed by atoms with van der Waals surface area (Å²) in [5.74, 6) is 0. The number of fused-ring (bicyclic) bond motifs is 2. The fourth-order valence-electron chi connectivity index (χ4n) is 5.95. The van der Waals surface area contributed by atoms with Gasteiger partial charge in [-0.3, -0.25) is 0 Å². The molecule has 2 aliphatic rings. The lowest BCUT2D eigenvalue weighted by molar-refractivity contribution is -0.143. The van der Waals surface area contributed by atoms with E-state index in [2.05, 4.69) is 0 Å². The van der Waals surface area contributed by atoms with Crippen LogP contribution in [0.3, 0.4) is 0 Å². The first-order chi connectivity index (χ1) is 24.4. The first kappa shape index (κ1) is 35.7. The fourth-order valence-corrected chi connectivity index (χ4v) is 5.95. The van der Waals surface area contributed by atoms with Crippen molar-refractivity contribution in [3.63, 3.8) is 0 Å². The third-order valence-electron chi connectivity index (χ3n) is 8.02. The molecule has 7 nitrogen and oxygen atoms in total. The minimum Gasteiger partial charge on any atom is -0.192 e. The maximum absolute atomic E-state index is 13.9. The molecule has 0 saturated heterocycles. The molecule has 52 heavy (non-hydrogen) atoms. The Bertz CT molecular complexity index is 2530. The Balaban J connectivity index is 1.96. The van der Waals surface area contributed by atoms with E-state index >= 15 is 0 Å². The average molecular weight is 709 g/mol. The summed E-state index contributed by atoms with van der Waals surface area (Å²) in [6.45, 7) is 0. The summed E-state index contributed by atoms with van der Waals surface area (Å²) < 4.78 is 125. The van der Waals surface area contributed by atoms with Crippen LogP contribution in [-0.4, -0.2) is 0 Å². The molecular formula is C36H8F9N7. The van der Waals surface area contributed by atoms with E-state index in [-0.39, 0.29) is 46.0 Å². The van der Waals surface area contributed by atoms with Crippen molar-refractivity contribution in [2.75, 3.05) is 0 Å². The van der Waals surface area contributed by atoms with Crippen LogP contribution in [0, 0.1) is 79.3 Å². The van der Waals surface area contributed by atoms with E-state index in [1.54, 1.807) is 24.3 Å². The highest BCUT2D eigenvalue weighted by Crippen LogP contribution is 2.55. The number of hydrogen-bond donors (Lipinski definition) is 0. The van der Waals surface area contributed by atoms with Gasteiger partial charge in [-0.2, -0.15) is 76.3 Å². The normalized spacial score (nSPS) is 13.5. The Morgan fingerprint density at radius 3 is 1.23 bits per heavy atom.